The summed E-state index contributed by atoms with van der Waals surface area (Å²) in [6.45, 7) is 9.73. The Bertz CT molecular complexity index is 370. The van der Waals surface area contributed by atoms with E-state index in [1.807, 2.05) is 6.92 Å². The van der Waals surface area contributed by atoms with Gasteiger partial charge in [0.2, 0.25) is 0 Å². The minimum Gasteiger partial charge on any atom is -0.466 e. The lowest BCUT2D eigenvalue weighted by atomic mass is 9.99. The van der Waals surface area contributed by atoms with Gasteiger partial charge in [-0.05, 0) is 39.3 Å². The van der Waals surface area contributed by atoms with E-state index in [0.717, 1.165) is 18.1 Å². The molecule has 0 aromatic carbocycles. The van der Waals surface area contributed by atoms with Crippen molar-refractivity contribution in [2.75, 3.05) is 6.54 Å². The van der Waals surface area contributed by atoms with Crippen molar-refractivity contribution in [1.29, 1.82) is 0 Å². The average Bonchev–Trinajstić information content (AvgIpc) is 2.80. The Morgan fingerprint density at radius 2 is 1.62 bits per heavy atom. The van der Waals surface area contributed by atoms with Gasteiger partial charge in [0.1, 0.15) is 11.5 Å². The van der Waals surface area contributed by atoms with Crippen molar-refractivity contribution in [2.45, 2.75) is 91.5 Å². The van der Waals surface area contributed by atoms with Gasteiger partial charge in [-0.15, -0.1) is 0 Å². The van der Waals surface area contributed by atoms with Crippen LogP contribution in [0.5, 0.6) is 0 Å². The Kier molecular flexibility index (Phi) is 9.49. The van der Waals surface area contributed by atoms with E-state index in [1.54, 1.807) is 0 Å². The Morgan fingerprint density at radius 3 is 2.19 bits per heavy atom. The largest absolute Gasteiger partial charge is 0.466 e. The van der Waals surface area contributed by atoms with Gasteiger partial charge in [-0.1, -0.05) is 58.8 Å². The minimum atomic E-state index is 0.470. The molecule has 0 spiro atoms. The number of furan rings is 1. The first-order valence-electron chi connectivity index (χ1n) is 8.99. The van der Waals surface area contributed by atoms with Crippen LogP contribution < -0.4 is 5.32 Å². The molecule has 0 bridgehead atoms. The number of unbranched alkanes of at least 4 members (excludes halogenated alkanes) is 6. The van der Waals surface area contributed by atoms with Gasteiger partial charge in [0.15, 0.2) is 0 Å². The van der Waals surface area contributed by atoms with Crippen molar-refractivity contribution < 1.29 is 4.42 Å². The van der Waals surface area contributed by atoms with E-state index >= 15 is 0 Å². The molecule has 1 heterocycles. The monoisotopic (exact) mass is 293 g/mol. The highest BCUT2D eigenvalue weighted by Gasteiger charge is 2.16. The zero-order chi connectivity index (χ0) is 15.5. The van der Waals surface area contributed by atoms with Crippen molar-refractivity contribution in [3.05, 3.63) is 23.2 Å². The molecule has 1 N–H and O–H groups in total. The van der Waals surface area contributed by atoms with E-state index < -0.39 is 0 Å². The van der Waals surface area contributed by atoms with Crippen molar-refractivity contribution in [3.63, 3.8) is 0 Å². The average molecular weight is 293 g/mol. The van der Waals surface area contributed by atoms with Gasteiger partial charge in [0.25, 0.3) is 0 Å². The van der Waals surface area contributed by atoms with Gasteiger partial charge < -0.3 is 9.73 Å². The molecular formula is C19H35NO. The Labute approximate surface area is 131 Å². The molecule has 0 fully saturated rings. The van der Waals surface area contributed by atoms with Crippen molar-refractivity contribution in [3.8, 4) is 0 Å². The molecule has 0 amide bonds. The van der Waals surface area contributed by atoms with E-state index in [9.17, 15) is 0 Å². The van der Waals surface area contributed by atoms with Gasteiger partial charge in [-0.2, -0.15) is 0 Å². The molecule has 0 aliphatic rings. The molecule has 122 valence electrons. The molecule has 0 aliphatic carbocycles. The number of hydrogen-bond donors (Lipinski definition) is 1. The maximum Gasteiger partial charge on any atom is 0.105 e. The summed E-state index contributed by atoms with van der Waals surface area (Å²) in [6.07, 6.45) is 12.0. The van der Waals surface area contributed by atoms with Crippen LogP contribution in [0.3, 0.4) is 0 Å². The molecule has 0 saturated heterocycles. The fraction of sp³-hybridized carbons (Fsp3) is 0.789. The van der Waals surface area contributed by atoms with Gasteiger partial charge in [0.05, 0.1) is 0 Å². The predicted octanol–water partition coefficient (Wildman–Crippen LogP) is 6.08. The van der Waals surface area contributed by atoms with Gasteiger partial charge in [-0.3, -0.25) is 0 Å². The molecular weight excluding hydrogens is 258 g/mol. The number of nitrogens with one attached hydrogen (secondary N) is 1. The van der Waals surface area contributed by atoms with Crippen molar-refractivity contribution in [2.24, 2.45) is 0 Å². The molecule has 0 aliphatic heterocycles. The number of hydrogen-bond acceptors (Lipinski definition) is 2. The minimum absolute atomic E-state index is 0.470. The Balaban J connectivity index is 2.35. The van der Waals surface area contributed by atoms with Crippen LogP contribution in [0.25, 0.3) is 0 Å². The van der Waals surface area contributed by atoms with Crippen molar-refractivity contribution in [1.82, 2.24) is 5.32 Å². The normalized spacial score (nSPS) is 12.8. The van der Waals surface area contributed by atoms with Crippen LogP contribution in [0.4, 0.5) is 0 Å². The summed E-state index contributed by atoms with van der Waals surface area (Å²) in [5.74, 6) is 2.12. The zero-order valence-corrected chi connectivity index (χ0v) is 14.6. The third-order valence-electron chi connectivity index (χ3n) is 4.19. The molecule has 2 nitrogen and oxygen atoms in total. The summed E-state index contributed by atoms with van der Waals surface area (Å²) in [6, 6.07) is 2.68. The summed E-state index contributed by atoms with van der Waals surface area (Å²) < 4.78 is 5.71. The molecule has 0 saturated carbocycles. The lowest BCUT2D eigenvalue weighted by Crippen LogP contribution is -2.22. The summed E-state index contributed by atoms with van der Waals surface area (Å²) in [4.78, 5) is 0. The lowest BCUT2D eigenvalue weighted by Gasteiger charge is -2.18. The van der Waals surface area contributed by atoms with Gasteiger partial charge in [-0.25, -0.2) is 0 Å². The molecule has 2 heteroatoms. The van der Waals surface area contributed by atoms with Crippen LogP contribution in [0, 0.1) is 13.8 Å². The van der Waals surface area contributed by atoms with Gasteiger partial charge in [0, 0.05) is 11.6 Å². The molecule has 1 aromatic heterocycles. The number of rotatable bonds is 12. The molecule has 1 unspecified atom stereocenters. The predicted molar refractivity (Wildman–Crippen MR) is 91.8 cm³/mol. The van der Waals surface area contributed by atoms with Crippen LogP contribution in [0.15, 0.2) is 10.5 Å². The third kappa shape index (κ3) is 7.17. The van der Waals surface area contributed by atoms with E-state index in [4.69, 9.17) is 4.42 Å². The molecule has 21 heavy (non-hydrogen) atoms. The quantitative estimate of drug-likeness (QED) is 0.472. The second-order valence-corrected chi connectivity index (χ2v) is 6.29. The topological polar surface area (TPSA) is 25.2 Å². The fourth-order valence-corrected chi connectivity index (χ4v) is 2.99. The second-order valence-electron chi connectivity index (χ2n) is 6.29. The molecule has 1 atom stereocenters. The number of aryl methyl sites for hydroxylation is 2. The highest BCUT2D eigenvalue weighted by atomic mass is 16.3. The lowest BCUT2D eigenvalue weighted by molar-refractivity contribution is 0.449. The van der Waals surface area contributed by atoms with Crippen LogP contribution in [-0.2, 0) is 0 Å². The van der Waals surface area contributed by atoms with Crippen LogP contribution in [0.1, 0.15) is 94.8 Å². The maximum atomic E-state index is 5.71. The summed E-state index contributed by atoms with van der Waals surface area (Å²) >= 11 is 0. The molecule has 1 aromatic rings. The van der Waals surface area contributed by atoms with Crippen LogP contribution >= 0.6 is 0 Å². The van der Waals surface area contributed by atoms with Gasteiger partial charge >= 0.3 is 0 Å². The third-order valence-corrected chi connectivity index (χ3v) is 4.19. The first kappa shape index (κ1) is 18.3. The highest BCUT2D eigenvalue weighted by Crippen LogP contribution is 2.26. The Hall–Kier alpha value is -0.760. The first-order chi connectivity index (χ1) is 10.2. The smallest absolute Gasteiger partial charge is 0.105 e. The van der Waals surface area contributed by atoms with Crippen molar-refractivity contribution >= 4 is 0 Å². The summed E-state index contributed by atoms with van der Waals surface area (Å²) in [5.41, 5.74) is 1.37. The zero-order valence-electron chi connectivity index (χ0n) is 14.6. The fourth-order valence-electron chi connectivity index (χ4n) is 2.99. The standard InChI is InChI=1S/C19H35NO/c1-5-7-8-9-10-11-12-13-19(20-14-6-2)18-15-16(3)21-17(18)4/h15,19-20H,5-14H2,1-4H3. The highest BCUT2D eigenvalue weighted by molar-refractivity contribution is 5.24. The second kappa shape index (κ2) is 10.9. The summed E-state index contributed by atoms with van der Waals surface area (Å²) in [5, 5.41) is 3.69. The van der Waals surface area contributed by atoms with Crippen LogP contribution in [-0.4, -0.2) is 6.54 Å². The Morgan fingerprint density at radius 1 is 0.952 bits per heavy atom. The first-order valence-corrected chi connectivity index (χ1v) is 8.99. The van der Waals surface area contributed by atoms with E-state index in [0.29, 0.717) is 6.04 Å². The van der Waals surface area contributed by atoms with Crippen LogP contribution in [0.2, 0.25) is 0 Å². The summed E-state index contributed by atoms with van der Waals surface area (Å²) in [7, 11) is 0. The maximum absolute atomic E-state index is 5.71. The van der Waals surface area contributed by atoms with E-state index in [-0.39, 0.29) is 0 Å². The SMILES string of the molecule is CCCCCCCCCC(NCCC)c1cc(C)oc1C. The van der Waals surface area contributed by atoms with E-state index in [1.165, 1.54) is 63.4 Å². The van der Waals surface area contributed by atoms with E-state index in [2.05, 4.69) is 32.2 Å². The molecule has 1 rings (SSSR count). The molecule has 0 radical (unpaired) electrons.